The minimum Gasteiger partial charge on any atom is -0.478 e. The maximum Gasteiger partial charge on any atom is 0.331 e. The summed E-state index contributed by atoms with van der Waals surface area (Å²) < 4.78 is 2.07. The number of allylic oxidation sites excluding steroid dienone is 1. The zero-order chi connectivity index (χ0) is 13.1. The van der Waals surface area contributed by atoms with E-state index >= 15 is 0 Å². The van der Waals surface area contributed by atoms with Gasteiger partial charge in [-0.15, -0.1) is 0 Å². The Bertz CT molecular complexity index is 608. The number of carboxylic acids is 1. The fourth-order valence-corrected chi connectivity index (χ4v) is 2.04. The number of carbonyl (C=O) groups is 1. The third-order valence-corrected chi connectivity index (χ3v) is 3.12. The quantitative estimate of drug-likeness (QED) is 0.836. The first kappa shape index (κ1) is 12.4. The molecule has 1 aromatic carbocycles. The summed E-state index contributed by atoms with van der Waals surface area (Å²) in [7, 11) is 0. The molecule has 0 amide bonds. The number of rotatable bonds is 4. The second-order valence-electron chi connectivity index (χ2n) is 4.42. The summed E-state index contributed by atoms with van der Waals surface area (Å²) >= 11 is 0. The molecule has 18 heavy (non-hydrogen) atoms. The predicted molar refractivity (Wildman–Crippen MR) is 72.7 cm³/mol. The molecule has 0 atom stereocenters. The molecule has 3 heteroatoms. The lowest BCUT2D eigenvalue weighted by molar-refractivity contribution is -0.132. The number of hydrogen-bond acceptors (Lipinski definition) is 1. The summed E-state index contributed by atoms with van der Waals surface area (Å²) in [4.78, 5) is 10.9. The Hall–Kier alpha value is -2.03. The van der Waals surface area contributed by atoms with Crippen molar-refractivity contribution in [3.8, 4) is 0 Å². The van der Waals surface area contributed by atoms with Crippen LogP contribution in [0, 0.1) is 6.92 Å². The van der Waals surface area contributed by atoms with Crippen LogP contribution in [-0.2, 0) is 11.3 Å². The summed E-state index contributed by atoms with van der Waals surface area (Å²) in [6.07, 6.45) is 4.33. The Balaban J connectivity index is 2.32. The Labute approximate surface area is 106 Å². The Morgan fingerprint density at radius 2 is 2.17 bits per heavy atom. The first-order valence-corrected chi connectivity index (χ1v) is 6.09. The molecule has 0 unspecified atom stereocenters. The van der Waals surface area contributed by atoms with Crippen molar-refractivity contribution in [3.63, 3.8) is 0 Å². The van der Waals surface area contributed by atoms with E-state index in [0.717, 1.165) is 5.52 Å². The molecule has 0 aliphatic rings. The van der Waals surface area contributed by atoms with Crippen LogP contribution < -0.4 is 0 Å². The smallest absolute Gasteiger partial charge is 0.331 e. The van der Waals surface area contributed by atoms with Gasteiger partial charge >= 0.3 is 5.97 Å². The van der Waals surface area contributed by atoms with E-state index in [2.05, 4.69) is 35.8 Å². The van der Waals surface area contributed by atoms with Gasteiger partial charge in [-0.05, 0) is 36.4 Å². The summed E-state index contributed by atoms with van der Waals surface area (Å²) in [6, 6.07) is 8.34. The van der Waals surface area contributed by atoms with Crippen LogP contribution in [0.25, 0.3) is 10.9 Å². The fraction of sp³-hybridized carbons (Fsp3) is 0.267. The van der Waals surface area contributed by atoms with Gasteiger partial charge in [-0.2, -0.15) is 0 Å². The highest BCUT2D eigenvalue weighted by Crippen LogP contribution is 2.17. The van der Waals surface area contributed by atoms with Gasteiger partial charge in [-0.1, -0.05) is 25.1 Å². The molecule has 1 aromatic heterocycles. The summed E-state index contributed by atoms with van der Waals surface area (Å²) in [5.74, 6) is -0.829. The van der Waals surface area contributed by atoms with E-state index in [0.29, 0.717) is 18.5 Å². The standard InChI is InChI=1S/C15H17NO2/c1-3-12(15(17)18)6-8-16-9-7-13-5-4-11(2)10-14(13)16/h4-7,9-10H,3,8H2,1-2H3,(H,17,18). The number of fused-ring (bicyclic) bond motifs is 1. The van der Waals surface area contributed by atoms with Gasteiger partial charge in [-0.3, -0.25) is 0 Å². The van der Waals surface area contributed by atoms with Gasteiger partial charge in [-0.25, -0.2) is 4.79 Å². The summed E-state index contributed by atoms with van der Waals surface area (Å²) in [5.41, 5.74) is 2.82. The van der Waals surface area contributed by atoms with Crippen molar-refractivity contribution in [2.75, 3.05) is 0 Å². The van der Waals surface area contributed by atoms with Gasteiger partial charge in [0.1, 0.15) is 0 Å². The predicted octanol–water partition coefficient (Wildman–Crippen LogP) is 3.37. The molecule has 0 spiro atoms. The van der Waals surface area contributed by atoms with Crippen molar-refractivity contribution in [2.45, 2.75) is 26.8 Å². The average Bonchev–Trinajstić information content (AvgIpc) is 2.72. The van der Waals surface area contributed by atoms with Crippen molar-refractivity contribution in [1.82, 2.24) is 4.57 Å². The van der Waals surface area contributed by atoms with E-state index < -0.39 is 5.97 Å². The van der Waals surface area contributed by atoms with Crippen LogP contribution in [0.2, 0.25) is 0 Å². The lowest BCUT2D eigenvalue weighted by Crippen LogP contribution is -2.02. The zero-order valence-corrected chi connectivity index (χ0v) is 10.7. The monoisotopic (exact) mass is 243 g/mol. The van der Waals surface area contributed by atoms with Crippen LogP contribution in [0.3, 0.4) is 0 Å². The molecule has 2 rings (SSSR count). The van der Waals surface area contributed by atoms with Gasteiger partial charge in [0.2, 0.25) is 0 Å². The molecular formula is C15H17NO2. The zero-order valence-electron chi connectivity index (χ0n) is 10.7. The molecule has 0 aliphatic carbocycles. The third-order valence-electron chi connectivity index (χ3n) is 3.12. The first-order valence-electron chi connectivity index (χ1n) is 6.09. The van der Waals surface area contributed by atoms with E-state index in [1.807, 2.05) is 13.1 Å². The van der Waals surface area contributed by atoms with Gasteiger partial charge < -0.3 is 9.67 Å². The Kier molecular flexibility index (Phi) is 3.51. The first-order chi connectivity index (χ1) is 8.61. The minimum absolute atomic E-state index is 0.463. The normalized spacial score (nSPS) is 12.0. The summed E-state index contributed by atoms with van der Waals surface area (Å²) in [5, 5.41) is 10.2. The minimum atomic E-state index is -0.829. The van der Waals surface area contributed by atoms with Gasteiger partial charge in [0.15, 0.2) is 0 Å². The number of aliphatic carboxylic acids is 1. The topological polar surface area (TPSA) is 42.2 Å². The lowest BCUT2D eigenvalue weighted by atomic mass is 10.2. The van der Waals surface area contributed by atoms with Crippen LogP contribution in [0.5, 0.6) is 0 Å². The molecule has 94 valence electrons. The van der Waals surface area contributed by atoms with Crippen LogP contribution >= 0.6 is 0 Å². The number of nitrogens with zero attached hydrogens (tertiary/aromatic N) is 1. The number of aromatic nitrogens is 1. The molecule has 0 fully saturated rings. The largest absolute Gasteiger partial charge is 0.478 e. The SMILES string of the molecule is CCC(=CCn1ccc2ccc(C)cc21)C(=O)O. The highest BCUT2D eigenvalue weighted by atomic mass is 16.4. The Morgan fingerprint density at radius 3 is 2.83 bits per heavy atom. The number of benzene rings is 1. The second-order valence-corrected chi connectivity index (χ2v) is 4.42. The number of hydrogen-bond donors (Lipinski definition) is 1. The molecular weight excluding hydrogens is 226 g/mol. The molecule has 0 saturated carbocycles. The maximum absolute atomic E-state index is 10.9. The van der Waals surface area contributed by atoms with Gasteiger partial charge in [0.05, 0.1) is 0 Å². The van der Waals surface area contributed by atoms with E-state index in [4.69, 9.17) is 5.11 Å². The Morgan fingerprint density at radius 1 is 1.39 bits per heavy atom. The molecule has 0 radical (unpaired) electrons. The molecule has 2 aromatic rings. The van der Waals surface area contributed by atoms with Crippen molar-refractivity contribution in [2.24, 2.45) is 0 Å². The van der Waals surface area contributed by atoms with E-state index in [1.54, 1.807) is 6.08 Å². The van der Waals surface area contributed by atoms with Crippen molar-refractivity contribution < 1.29 is 9.90 Å². The average molecular weight is 243 g/mol. The fourth-order valence-electron chi connectivity index (χ4n) is 2.04. The van der Waals surface area contributed by atoms with Crippen LogP contribution in [-0.4, -0.2) is 15.6 Å². The molecule has 1 heterocycles. The van der Waals surface area contributed by atoms with E-state index in [-0.39, 0.29) is 0 Å². The van der Waals surface area contributed by atoms with Crippen molar-refractivity contribution >= 4 is 16.9 Å². The molecule has 0 aliphatic heterocycles. The maximum atomic E-state index is 10.9. The highest BCUT2D eigenvalue weighted by molar-refractivity contribution is 5.86. The van der Waals surface area contributed by atoms with Gasteiger partial charge in [0.25, 0.3) is 0 Å². The molecule has 3 nitrogen and oxygen atoms in total. The van der Waals surface area contributed by atoms with Gasteiger partial charge in [0, 0.05) is 23.8 Å². The van der Waals surface area contributed by atoms with Crippen molar-refractivity contribution in [3.05, 3.63) is 47.7 Å². The van der Waals surface area contributed by atoms with Crippen LogP contribution in [0.15, 0.2) is 42.1 Å². The van der Waals surface area contributed by atoms with E-state index in [1.165, 1.54) is 10.9 Å². The number of carboxylic acid groups (broad SMARTS) is 1. The molecule has 0 bridgehead atoms. The van der Waals surface area contributed by atoms with Crippen LogP contribution in [0.4, 0.5) is 0 Å². The number of aryl methyl sites for hydroxylation is 1. The molecule has 0 saturated heterocycles. The van der Waals surface area contributed by atoms with E-state index in [9.17, 15) is 4.79 Å². The highest BCUT2D eigenvalue weighted by Gasteiger charge is 2.04. The molecule has 1 N–H and O–H groups in total. The van der Waals surface area contributed by atoms with Crippen molar-refractivity contribution in [1.29, 1.82) is 0 Å². The lowest BCUT2D eigenvalue weighted by Gasteiger charge is -2.04. The third kappa shape index (κ3) is 2.45. The second kappa shape index (κ2) is 5.08. The summed E-state index contributed by atoms with van der Waals surface area (Å²) in [6.45, 7) is 4.52. The van der Waals surface area contributed by atoms with Crippen LogP contribution in [0.1, 0.15) is 18.9 Å².